The van der Waals surface area contributed by atoms with Crippen molar-refractivity contribution in [1.29, 1.82) is 0 Å². The number of thiol groups is 1. The summed E-state index contributed by atoms with van der Waals surface area (Å²) >= 11 is 4.52. The van der Waals surface area contributed by atoms with Crippen LogP contribution in [0.4, 0.5) is 8.78 Å². The molecule has 0 aromatic heterocycles. The first-order valence-electron chi connectivity index (χ1n) is 10.7. The molecule has 2 unspecified atom stereocenters. The number of hydrogen-bond acceptors (Lipinski definition) is 7. The monoisotopic (exact) mass is 486 g/mol. The van der Waals surface area contributed by atoms with Gasteiger partial charge in [0.2, 0.25) is 11.8 Å². The predicted octanol–water partition coefficient (Wildman–Crippen LogP) is 2.50. The molecule has 2 amide bonds. The largest absolute Gasteiger partial charge is 0.586 e. The molecule has 2 aliphatic heterocycles. The van der Waals surface area contributed by atoms with Crippen LogP contribution in [0.1, 0.15) is 46.1 Å². The van der Waals surface area contributed by atoms with Crippen molar-refractivity contribution in [2.24, 2.45) is 0 Å². The molecule has 33 heavy (non-hydrogen) atoms. The fourth-order valence-electron chi connectivity index (χ4n) is 4.03. The van der Waals surface area contributed by atoms with Crippen molar-refractivity contribution in [2.75, 3.05) is 13.2 Å². The Morgan fingerprint density at radius 3 is 2.45 bits per heavy atom. The fraction of sp³-hybridized carbons (Fsp3) is 0.636. The number of amides is 2. The molecule has 0 radical (unpaired) electrons. The topological polar surface area (TPSA) is 95.1 Å². The summed E-state index contributed by atoms with van der Waals surface area (Å²) in [4.78, 5) is 26.2. The van der Waals surface area contributed by atoms with Gasteiger partial charge in [-0.25, -0.2) is 0 Å². The Hall–Kier alpha value is -2.11. The molecule has 1 aliphatic carbocycles. The minimum Gasteiger partial charge on any atom is -0.395 e. The molecule has 1 saturated carbocycles. The summed E-state index contributed by atoms with van der Waals surface area (Å²) in [6.45, 7) is 7.60. The van der Waals surface area contributed by atoms with Gasteiger partial charge in [0.25, 0.3) is 0 Å². The molecule has 2 atom stereocenters. The molecule has 182 valence electrons. The Balaban J connectivity index is 1.44. The molecule has 11 heteroatoms. The molecule has 1 saturated heterocycles. The van der Waals surface area contributed by atoms with Crippen LogP contribution in [0.2, 0.25) is 0 Å². The number of halogens is 2. The second kappa shape index (κ2) is 7.99. The third-order valence-corrected chi connectivity index (χ3v) is 6.21. The van der Waals surface area contributed by atoms with E-state index in [-0.39, 0.29) is 30.1 Å². The summed E-state index contributed by atoms with van der Waals surface area (Å²) in [5.74, 6) is -1.70. The van der Waals surface area contributed by atoms with E-state index in [0.717, 1.165) is 0 Å². The first kappa shape index (κ1) is 24.0. The summed E-state index contributed by atoms with van der Waals surface area (Å²) in [5.41, 5.74) is -0.407. The molecule has 0 spiro atoms. The first-order chi connectivity index (χ1) is 15.2. The lowest BCUT2D eigenvalue weighted by Gasteiger charge is -2.31. The number of ether oxygens (including phenoxy) is 4. The number of hydrogen-bond donors (Lipinski definition) is 3. The van der Waals surface area contributed by atoms with Gasteiger partial charge in [-0.3, -0.25) is 9.59 Å². The first-order valence-corrected chi connectivity index (χ1v) is 11.2. The van der Waals surface area contributed by atoms with Gasteiger partial charge in [-0.1, -0.05) is 6.07 Å². The maximum atomic E-state index is 13.4. The number of fused-ring (bicyclic) bond motifs is 1. The van der Waals surface area contributed by atoms with Crippen molar-refractivity contribution < 1.29 is 37.3 Å². The molecule has 2 fully saturated rings. The fourth-order valence-corrected chi connectivity index (χ4v) is 4.21. The molecule has 1 aromatic rings. The van der Waals surface area contributed by atoms with Crippen molar-refractivity contribution in [3.05, 3.63) is 23.8 Å². The Kier molecular flexibility index (Phi) is 5.82. The highest BCUT2D eigenvalue weighted by Crippen LogP contribution is 2.52. The Morgan fingerprint density at radius 2 is 1.88 bits per heavy atom. The van der Waals surface area contributed by atoms with Gasteiger partial charge < -0.3 is 29.6 Å². The van der Waals surface area contributed by atoms with E-state index in [2.05, 4.69) is 32.7 Å². The molecule has 3 aliphatic rings. The smallest absolute Gasteiger partial charge is 0.395 e. The van der Waals surface area contributed by atoms with Gasteiger partial charge in [0.15, 0.2) is 17.3 Å². The van der Waals surface area contributed by atoms with Crippen LogP contribution in [0.15, 0.2) is 18.2 Å². The number of benzene rings is 1. The van der Waals surface area contributed by atoms with Crippen LogP contribution in [0.5, 0.6) is 11.5 Å². The van der Waals surface area contributed by atoms with Crippen LogP contribution in [0.25, 0.3) is 0 Å². The lowest BCUT2D eigenvalue weighted by atomic mass is 9.93. The second-order valence-electron chi connectivity index (χ2n) is 9.67. The maximum absolute atomic E-state index is 13.4. The number of nitrogens with one attached hydrogen (secondary N) is 2. The third-order valence-electron chi connectivity index (χ3n) is 5.95. The minimum absolute atomic E-state index is 0.0880. The van der Waals surface area contributed by atoms with Crippen LogP contribution in [0, 0.1) is 0 Å². The van der Waals surface area contributed by atoms with E-state index >= 15 is 0 Å². The normalized spacial score (nSPS) is 24.8. The minimum atomic E-state index is -3.73. The molecule has 1 aromatic carbocycles. The average molecular weight is 487 g/mol. The van der Waals surface area contributed by atoms with E-state index in [1.165, 1.54) is 12.1 Å². The highest BCUT2D eigenvalue weighted by molar-refractivity contribution is 7.81. The lowest BCUT2D eigenvalue weighted by Crippen LogP contribution is -2.58. The van der Waals surface area contributed by atoms with Crippen LogP contribution in [-0.2, 0) is 24.5 Å². The zero-order chi connectivity index (χ0) is 24.2. The summed E-state index contributed by atoms with van der Waals surface area (Å²) in [6.07, 6.45) is -3.01. The van der Waals surface area contributed by atoms with E-state index in [1.54, 1.807) is 33.8 Å². The van der Waals surface area contributed by atoms with Gasteiger partial charge in [0.05, 0.1) is 12.0 Å². The number of rotatable bonds is 7. The van der Waals surface area contributed by atoms with Crippen molar-refractivity contribution in [3.63, 3.8) is 0 Å². The predicted molar refractivity (Wildman–Crippen MR) is 116 cm³/mol. The standard InChI is InChI=1S/C22H28F2N2O6S/c1-19(2,33)16(17(27)25-10-13-11-29-20(3,4)30-13)26-18(28)21(7-8-21)12-5-6-14-15(9-12)32-22(23,24)31-14/h5-6,9,13,16,33H,7-8,10-11H2,1-4H3,(H,25,27)(H,26,28). The number of carbonyl (C=O) groups excluding carboxylic acids is 2. The average Bonchev–Trinajstić information content (AvgIpc) is 3.34. The second-order valence-corrected chi connectivity index (χ2v) is 10.8. The molecule has 4 rings (SSSR count). The van der Waals surface area contributed by atoms with Crippen molar-refractivity contribution in [1.82, 2.24) is 10.6 Å². The summed E-state index contributed by atoms with van der Waals surface area (Å²) < 4.78 is 46.0. The quantitative estimate of drug-likeness (QED) is 0.513. The molecule has 2 heterocycles. The van der Waals surface area contributed by atoms with Gasteiger partial charge >= 0.3 is 6.29 Å². The number of carbonyl (C=O) groups is 2. The summed E-state index contributed by atoms with van der Waals surface area (Å²) in [5, 5.41) is 5.62. The Bertz CT molecular complexity index is 961. The Morgan fingerprint density at radius 1 is 1.21 bits per heavy atom. The van der Waals surface area contributed by atoms with Gasteiger partial charge in [-0.05, 0) is 58.2 Å². The van der Waals surface area contributed by atoms with Crippen LogP contribution in [-0.4, -0.2) is 53.9 Å². The van der Waals surface area contributed by atoms with Crippen molar-refractivity contribution >= 4 is 24.4 Å². The molecule has 0 bridgehead atoms. The highest BCUT2D eigenvalue weighted by atomic mass is 32.1. The summed E-state index contributed by atoms with van der Waals surface area (Å²) in [7, 11) is 0. The van der Waals surface area contributed by atoms with E-state index in [0.29, 0.717) is 25.0 Å². The van der Waals surface area contributed by atoms with E-state index in [4.69, 9.17) is 9.47 Å². The zero-order valence-corrected chi connectivity index (χ0v) is 19.8. The third kappa shape index (κ3) is 5.04. The van der Waals surface area contributed by atoms with E-state index in [1.807, 2.05) is 0 Å². The van der Waals surface area contributed by atoms with Crippen molar-refractivity contribution in [3.8, 4) is 11.5 Å². The molecular weight excluding hydrogens is 458 g/mol. The van der Waals surface area contributed by atoms with E-state index < -0.39 is 34.2 Å². The van der Waals surface area contributed by atoms with E-state index in [9.17, 15) is 18.4 Å². The van der Waals surface area contributed by atoms with Crippen LogP contribution >= 0.6 is 12.6 Å². The van der Waals surface area contributed by atoms with Crippen LogP contribution < -0.4 is 20.1 Å². The zero-order valence-electron chi connectivity index (χ0n) is 18.9. The van der Waals surface area contributed by atoms with Gasteiger partial charge in [0.1, 0.15) is 12.1 Å². The molecule has 2 N–H and O–H groups in total. The number of alkyl halides is 2. The van der Waals surface area contributed by atoms with Gasteiger partial charge in [-0.15, -0.1) is 8.78 Å². The summed E-state index contributed by atoms with van der Waals surface area (Å²) in [6, 6.07) is 3.37. The van der Waals surface area contributed by atoms with Crippen molar-refractivity contribution in [2.45, 2.75) is 74.9 Å². The maximum Gasteiger partial charge on any atom is 0.586 e. The molecule has 8 nitrogen and oxygen atoms in total. The van der Waals surface area contributed by atoms with Gasteiger partial charge in [0, 0.05) is 11.3 Å². The lowest BCUT2D eigenvalue weighted by molar-refractivity contribution is -0.286. The van der Waals surface area contributed by atoms with Gasteiger partial charge in [-0.2, -0.15) is 12.6 Å². The SMILES string of the molecule is CC1(C)OCC(CNC(=O)C(NC(=O)C2(c3ccc4c(c3)OC(F)(F)O4)CC2)C(C)(C)S)O1. The highest BCUT2D eigenvalue weighted by Gasteiger charge is 2.54. The Labute approximate surface area is 196 Å². The molecular formula is C22H28F2N2O6S. The van der Waals surface area contributed by atoms with Crippen LogP contribution in [0.3, 0.4) is 0 Å².